The maximum atomic E-state index is 12.0. The second-order valence-electron chi connectivity index (χ2n) is 6.89. The Morgan fingerprint density at radius 1 is 1.13 bits per heavy atom. The van der Waals surface area contributed by atoms with Crippen molar-refractivity contribution in [2.24, 2.45) is 0 Å². The van der Waals surface area contributed by atoms with E-state index in [0.717, 1.165) is 27.2 Å². The normalized spacial score (nSPS) is 14.1. The van der Waals surface area contributed by atoms with Gasteiger partial charge in [-0.2, -0.15) is 4.98 Å². The summed E-state index contributed by atoms with van der Waals surface area (Å²) in [5.74, 6) is 2.09. The lowest BCUT2D eigenvalue weighted by molar-refractivity contribution is 0.105. The van der Waals surface area contributed by atoms with Crippen LogP contribution < -0.4 is 14.4 Å². The van der Waals surface area contributed by atoms with Crippen molar-refractivity contribution < 1.29 is 19.0 Å². The molecule has 0 unspecified atom stereocenters. The first-order valence-corrected chi connectivity index (χ1v) is 11.1. The van der Waals surface area contributed by atoms with Gasteiger partial charge < -0.3 is 24.0 Å². The van der Waals surface area contributed by atoms with Crippen LogP contribution in [0.4, 0.5) is 10.6 Å². The van der Waals surface area contributed by atoms with Crippen LogP contribution in [0, 0.1) is 0 Å². The number of hydrogen-bond donors (Lipinski definition) is 0. The number of piperazine rings is 1. The van der Waals surface area contributed by atoms with Gasteiger partial charge >= 0.3 is 6.09 Å². The number of rotatable bonds is 5. The first-order valence-electron chi connectivity index (χ1n) is 9.89. The first-order chi connectivity index (χ1) is 15.0. The van der Waals surface area contributed by atoms with Gasteiger partial charge in [0.15, 0.2) is 11.5 Å². The number of carbonyl (C=O) groups excluding carboxylic acids is 1. The topological polar surface area (TPSA) is 77.0 Å². The van der Waals surface area contributed by atoms with Crippen molar-refractivity contribution in [1.82, 2.24) is 14.9 Å². The van der Waals surface area contributed by atoms with Crippen molar-refractivity contribution in [2.45, 2.75) is 6.92 Å². The molecule has 1 saturated heterocycles. The molecular formula is C21H23ClN4O4S. The highest BCUT2D eigenvalue weighted by molar-refractivity contribution is 7.17. The standard InChI is InChI=1S/C21H23ClN4O4S/c1-4-30-21(27)26-9-7-25(8-10-26)18-17-14(12-31-19(17)24-20(22)23-18)13-5-6-15(28-2)16(11-13)29-3/h5-6,11-12H,4,7-10H2,1-3H3. The Balaban J connectivity index is 1.71. The molecule has 1 aliphatic heterocycles. The smallest absolute Gasteiger partial charge is 0.409 e. The van der Waals surface area contributed by atoms with E-state index in [2.05, 4.69) is 20.2 Å². The summed E-state index contributed by atoms with van der Waals surface area (Å²) in [6.45, 7) is 4.53. The van der Waals surface area contributed by atoms with E-state index in [1.165, 1.54) is 11.3 Å². The third-order valence-electron chi connectivity index (χ3n) is 5.19. The number of nitrogens with zero attached hydrogens (tertiary/aromatic N) is 4. The summed E-state index contributed by atoms with van der Waals surface area (Å²) in [5, 5.41) is 3.19. The number of halogens is 1. The molecule has 0 bridgehead atoms. The van der Waals surface area contributed by atoms with Gasteiger partial charge in [-0.25, -0.2) is 9.78 Å². The molecule has 164 valence electrons. The number of methoxy groups -OCH3 is 2. The molecule has 0 radical (unpaired) electrons. The number of carbonyl (C=O) groups is 1. The molecule has 3 aromatic rings. The Hall–Kier alpha value is -2.78. The molecule has 1 fully saturated rings. The molecule has 1 aromatic carbocycles. The van der Waals surface area contributed by atoms with Gasteiger partial charge in [-0.05, 0) is 36.2 Å². The molecule has 0 saturated carbocycles. The summed E-state index contributed by atoms with van der Waals surface area (Å²) in [5.41, 5.74) is 1.97. The lowest BCUT2D eigenvalue weighted by Crippen LogP contribution is -2.49. The molecular weight excluding hydrogens is 440 g/mol. The maximum absolute atomic E-state index is 12.0. The summed E-state index contributed by atoms with van der Waals surface area (Å²) in [4.78, 5) is 25.7. The van der Waals surface area contributed by atoms with Crippen LogP contribution in [0.2, 0.25) is 5.28 Å². The van der Waals surface area contributed by atoms with E-state index >= 15 is 0 Å². The second-order valence-corrected chi connectivity index (χ2v) is 8.08. The minimum Gasteiger partial charge on any atom is -0.493 e. The fraction of sp³-hybridized carbons (Fsp3) is 0.381. The predicted molar refractivity (Wildman–Crippen MR) is 122 cm³/mol. The van der Waals surface area contributed by atoms with E-state index in [4.69, 9.17) is 25.8 Å². The Kier molecular flexibility index (Phi) is 6.33. The quantitative estimate of drug-likeness (QED) is 0.523. The average Bonchev–Trinajstić information content (AvgIpc) is 3.22. The third kappa shape index (κ3) is 4.20. The van der Waals surface area contributed by atoms with E-state index in [1.54, 1.807) is 26.0 Å². The van der Waals surface area contributed by atoms with E-state index in [9.17, 15) is 4.79 Å². The molecule has 4 rings (SSSR count). The van der Waals surface area contributed by atoms with Crippen LogP contribution in [0.1, 0.15) is 6.92 Å². The zero-order valence-electron chi connectivity index (χ0n) is 17.6. The van der Waals surface area contributed by atoms with Crippen LogP contribution in [0.5, 0.6) is 11.5 Å². The van der Waals surface area contributed by atoms with Crippen LogP contribution in [0.15, 0.2) is 23.6 Å². The molecule has 1 aliphatic rings. The van der Waals surface area contributed by atoms with Crippen molar-refractivity contribution in [3.05, 3.63) is 28.9 Å². The number of benzene rings is 1. The number of thiophene rings is 1. The van der Waals surface area contributed by atoms with Gasteiger partial charge in [0.05, 0.1) is 26.2 Å². The summed E-state index contributed by atoms with van der Waals surface area (Å²) < 4.78 is 16.0. The van der Waals surface area contributed by atoms with Crippen LogP contribution in [-0.2, 0) is 4.74 Å². The SMILES string of the molecule is CCOC(=O)N1CCN(c2nc(Cl)nc3scc(-c4ccc(OC)c(OC)c4)c23)CC1. The minimum atomic E-state index is -0.283. The van der Waals surface area contributed by atoms with Gasteiger partial charge in [0.25, 0.3) is 0 Å². The monoisotopic (exact) mass is 462 g/mol. The van der Waals surface area contributed by atoms with Crippen LogP contribution in [0.3, 0.4) is 0 Å². The van der Waals surface area contributed by atoms with Gasteiger partial charge in [0.2, 0.25) is 5.28 Å². The average molecular weight is 463 g/mol. The minimum absolute atomic E-state index is 0.205. The number of hydrogen-bond acceptors (Lipinski definition) is 8. The fourth-order valence-corrected chi connectivity index (χ4v) is 4.82. The predicted octanol–water partition coefficient (Wildman–Crippen LogP) is 4.31. The van der Waals surface area contributed by atoms with Crippen molar-refractivity contribution in [1.29, 1.82) is 0 Å². The molecule has 1 amide bonds. The summed E-state index contributed by atoms with van der Waals surface area (Å²) in [6.07, 6.45) is -0.283. The van der Waals surface area contributed by atoms with Gasteiger partial charge in [-0.1, -0.05) is 6.07 Å². The van der Waals surface area contributed by atoms with Crippen molar-refractivity contribution in [2.75, 3.05) is 51.9 Å². The summed E-state index contributed by atoms with van der Waals surface area (Å²) >= 11 is 7.76. The third-order valence-corrected chi connectivity index (χ3v) is 6.23. The zero-order chi connectivity index (χ0) is 22.0. The molecule has 31 heavy (non-hydrogen) atoms. The van der Waals surface area contributed by atoms with Gasteiger partial charge in [0, 0.05) is 37.1 Å². The van der Waals surface area contributed by atoms with E-state index in [0.29, 0.717) is 44.3 Å². The number of anilines is 1. The van der Waals surface area contributed by atoms with Crippen molar-refractivity contribution in [3.63, 3.8) is 0 Å². The highest BCUT2D eigenvalue weighted by Crippen LogP contribution is 2.41. The van der Waals surface area contributed by atoms with Crippen LogP contribution in [0.25, 0.3) is 21.3 Å². The Morgan fingerprint density at radius 2 is 1.87 bits per heavy atom. The number of aromatic nitrogens is 2. The maximum Gasteiger partial charge on any atom is 0.409 e. The molecule has 2 aromatic heterocycles. The molecule has 8 nitrogen and oxygen atoms in total. The largest absolute Gasteiger partial charge is 0.493 e. The van der Waals surface area contributed by atoms with Crippen molar-refractivity contribution >= 4 is 45.1 Å². The first kappa shape index (κ1) is 21.5. The Bertz CT molecular complexity index is 1100. The van der Waals surface area contributed by atoms with E-state index in [-0.39, 0.29) is 11.4 Å². The van der Waals surface area contributed by atoms with Crippen LogP contribution in [-0.4, -0.2) is 68.0 Å². The van der Waals surface area contributed by atoms with Crippen molar-refractivity contribution in [3.8, 4) is 22.6 Å². The fourth-order valence-electron chi connectivity index (χ4n) is 3.66. The highest BCUT2D eigenvalue weighted by Gasteiger charge is 2.26. The highest BCUT2D eigenvalue weighted by atomic mass is 35.5. The number of amides is 1. The molecule has 0 spiro atoms. The number of ether oxygens (including phenoxy) is 3. The summed E-state index contributed by atoms with van der Waals surface area (Å²) in [6, 6.07) is 5.81. The molecule has 10 heteroatoms. The lowest BCUT2D eigenvalue weighted by Gasteiger charge is -2.35. The van der Waals surface area contributed by atoms with E-state index < -0.39 is 0 Å². The van der Waals surface area contributed by atoms with Crippen LogP contribution >= 0.6 is 22.9 Å². The zero-order valence-corrected chi connectivity index (χ0v) is 19.1. The molecule has 3 heterocycles. The lowest BCUT2D eigenvalue weighted by atomic mass is 10.0. The van der Waals surface area contributed by atoms with Gasteiger partial charge in [-0.15, -0.1) is 11.3 Å². The molecule has 0 aliphatic carbocycles. The number of fused-ring (bicyclic) bond motifs is 1. The summed E-state index contributed by atoms with van der Waals surface area (Å²) in [7, 11) is 3.23. The Morgan fingerprint density at radius 3 is 2.55 bits per heavy atom. The molecule has 0 atom stereocenters. The molecule has 0 N–H and O–H groups in total. The van der Waals surface area contributed by atoms with E-state index in [1.807, 2.05) is 18.2 Å². The van der Waals surface area contributed by atoms with Gasteiger partial charge in [0.1, 0.15) is 10.6 Å². The Labute approximate surface area is 189 Å². The van der Waals surface area contributed by atoms with Gasteiger partial charge in [-0.3, -0.25) is 0 Å². The second kappa shape index (κ2) is 9.15.